The summed E-state index contributed by atoms with van der Waals surface area (Å²) in [6.45, 7) is 4.27. The number of aromatic nitrogens is 2. The van der Waals surface area contributed by atoms with Gasteiger partial charge in [0.25, 0.3) is 11.8 Å². The van der Waals surface area contributed by atoms with Crippen LogP contribution in [0.5, 0.6) is 0 Å². The summed E-state index contributed by atoms with van der Waals surface area (Å²) in [6, 6.07) is 7.42. The van der Waals surface area contributed by atoms with Gasteiger partial charge in [-0.3, -0.25) is 19.2 Å². The summed E-state index contributed by atoms with van der Waals surface area (Å²) in [7, 11) is 0. The molecular weight excluding hydrogens is 381 g/mol. The summed E-state index contributed by atoms with van der Waals surface area (Å²) in [5.41, 5.74) is 1.70. The molecule has 0 spiro atoms. The van der Waals surface area contributed by atoms with E-state index in [2.05, 4.69) is 27.7 Å². The van der Waals surface area contributed by atoms with E-state index in [1.165, 1.54) is 4.90 Å². The van der Waals surface area contributed by atoms with E-state index in [-0.39, 0.29) is 24.4 Å². The standard InChI is InChI=1S/C15H14IN3O2/c1-9(2)19-7-6-10(17-19)8-18-14(20)11-4-3-5-12(16)13(11)15(18)21/h3-7,9H,8H2,1-2H3. The molecule has 21 heavy (non-hydrogen) atoms. The molecule has 0 atom stereocenters. The molecule has 2 amide bonds. The fraction of sp³-hybridized carbons (Fsp3) is 0.267. The first-order valence-electron chi connectivity index (χ1n) is 6.67. The SMILES string of the molecule is CC(C)n1ccc(CN2C(=O)c3cccc(I)c3C2=O)n1. The van der Waals surface area contributed by atoms with Gasteiger partial charge in [-0.1, -0.05) is 6.07 Å². The molecule has 0 saturated heterocycles. The summed E-state index contributed by atoms with van der Waals surface area (Å²) in [4.78, 5) is 26.1. The van der Waals surface area contributed by atoms with E-state index in [0.717, 1.165) is 3.57 Å². The molecule has 0 saturated carbocycles. The summed E-state index contributed by atoms with van der Waals surface area (Å²) >= 11 is 2.09. The van der Waals surface area contributed by atoms with Crippen molar-refractivity contribution >= 4 is 34.4 Å². The normalized spacial score (nSPS) is 14.2. The first kappa shape index (κ1) is 14.2. The van der Waals surface area contributed by atoms with Gasteiger partial charge in [0.1, 0.15) is 0 Å². The molecule has 0 unspecified atom stereocenters. The second kappa shape index (κ2) is 5.25. The molecule has 3 rings (SSSR count). The van der Waals surface area contributed by atoms with E-state index in [0.29, 0.717) is 16.8 Å². The largest absolute Gasteiger partial charge is 0.270 e. The maximum Gasteiger partial charge on any atom is 0.262 e. The number of carbonyl (C=O) groups is 2. The molecule has 6 heteroatoms. The molecule has 0 fully saturated rings. The number of halogens is 1. The first-order chi connectivity index (χ1) is 9.99. The van der Waals surface area contributed by atoms with Gasteiger partial charge >= 0.3 is 0 Å². The van der Waals surface area contributed by atoms with Crippen molar-refractivity contribution in [1.82, 2.24) is 14.7 Å². The molecule has 1 aromatic heterocycles. The van der Waals surface area contributed by atoms with Gasteiger partial charge in [0.15, 0.2) is 0 Å². The van der Waals surface area contributed by atoms with Crippen molar-refractivity contribution in [3.8, 4) is 0 Å². The Labute approximate surface area is 136 Å². The fourth-order valence-corrected chi connectivity index (χ4v) is 3.08. The van der Waals surface area contributed by atoms with Gasteiger partial charge in [0.05, 0.1) is 23.4 Å². The molecule has 0 bridgehead atoms. The smallest absolute Gasteiger partial charge is 0.262 e. The number of nitrogens with zero attached hydrogens (tertiary/aromatic N) is 3. The second-order valence-corrected chi connectivity index (χ2v) is 6.40. The number of hydrogen-bond acceptors (Lipinski definition) is 3. The summed E-state index contributed by atoms with van der Waals surface area (Å²) in [5, 5.41) is 4.40. The molecule has 1 aliphatic rings. The minimum Gasteiger partial charge on any atom is -0.270 e. The van der Waals surface area contributed by atoms with Gasteiger partial charge in [0, 0.05) is 15.8 Å². The number of fused-ring (bicyclic) bond motifs is 1. The Bertz CT molecular complexity index is 736. The highest BCUT2D eigenvalue weighted by Crippen LogP contribution is 2.28. The minimum atomic E-state index is -0.243. The Balaban J connectivity index is 1.89. The van der Waals surface area contributed by atoms with Crippen molar-refractivity contribution in [3.63, 3.8) is 0 Å². The Morgan fingerprint density at radius 2 is 1.95 bits per heavy atom. The second-order valence-electron chi connectivity index (χ2n) is 5.24. The number of amides is 2. The van der Waals surface area contributed by atoms with Crippen LogP contribution in [0.15, 0.2) is 30.5 Å². The van der Waals surface area contributed by atoms with E-state index in [1.807, 2.05) is 36.9 Å². The Kier molecular flexibility index (Phi) is 3.56. The van der Waals surface area contributed by atoms with Gasteiger partial charge in [-0.05, 0) is 54.6 Å². The van der Waals surface area contributed by atoms with E-state index in [9.17, 15) is 9.59 Å². The molecule has 0 N–H and O–H groups in total. The molecule has 2 aromatic rings. The van der Waals surface area contributed by atoms with Crippen molar-refractivity contribution in [3.05, 3.63) is 50.9 Å². The van der Waals surface area contributed by atoms with Crippen molar-refractivity contribution < 1.29 is 9.59 Å². The Morgan fingerprint density at radius 3 is 2.57 bits per heavy atom. The molecule has 108 valence electrons. The van der Waals surface area contributed by atoms with E-state index in [4.69, 9.17) is 0 Å². The summed E-state index contributed by atoms with van der Waals surface area (Å²) in [6.07, 6.45) is 1.86. The monoisotopic (exact) mass is 395 g/mol. The Hall–Kier alpha value is -1.70. The zero-order valence-corrected chi connectivity index (χ0v) is 13.9. The van der Waals surface area contributed by atoms with Crippen LogP contribution in [0.3, 0.4) is 0 Å². The highest BCUT2D eigenvalue weighted by Gasteiger charge is 2.37. The van der Waals surface area contributed by atoms with E-state index in [1.54, 1.807) is 12.1 Å². The van der Waals surface area contributed by atoms with Crippen LogP contribution in [0.25, 0.3) is 0 Å². The number of imide groups is 1. The minimum absolute atomic E-state index is 0.210. The molecule has 5 nitrogen and oxygen atoms in total. The van der Waals surface area contributed by atoms with Crippen LogP contribution < -0.4 is 0 Å². The summed E-state index contributed by atoms with van der Waals surface area (Å²) in [5.74, 6) is -0.480. The summed E-state index contributed by atoms with van der Waals surface area (Å²) < 4.78 is 2.62. The molecular formula is C15H14IN3O2. The van der Waals surface area contributed by atoms with Crippen LogP contribution in [0, 0.1) is 3.57 Å². The van der Waals surface area contributed by atoms with Crippen LogP contribution in [0.2, 0.25) is 0 Å². The topological polar surface area (TPSA) is 55.2 Å². The number of benzene rings is 1. The lowest BCUT2D eigenvalue weighted by molar-refractivity contribution is 0.0639. The van der Waals surface area contributed by atoms with Crippen molar-refractivity contribution in [2.45, 2.75) is 26.4 Å². The maximum atomic E-state index is 12.4. The average molecular weight is 395 g/mol. The average Bonchev–Trinajstić information content (AvgIpc) is 3.00. The van der Waals surface area contributed by atoms with Gasteiger partial charge in [-0.15, -0.1) is 0 Å². The van der Waals surface area contributed by atoms with Crippen LogP contribution in [0.1, 0.15) is 46.3 Å². The van der Waals surface area contributed by atoms with Crippen molar-refractivity contribution in [2.24, 2.45) is 0 Å². The van der Waals surface area contributed by atoms with Crippen molar-refractivity contribution in [1.29, 1.82) is 0 Å². The van der Waals surface area contributed by atoms with E-state index < -0.39 is 0 Å². The molecule has 1 aliphatic heterocycles. The number of carbonyl (C=O) groups excluding carboxylic acids is 2. The molecule has 1 aromatic carbocycles. The third kappa shape index (κ3) is 2.37. The predicted molar refractivity (Wildman–Crippen MR) is 86.0 cm³/mol. The van der Waals surface area contributed by atoms with Crippen LogP contribution in [-0.4, -0.2) is 26.5 Å². The number of hydrogen-bond donors (Lipinski definition) is 0. The zero-order chi connectivity index (χ0) is 15.1. The lowest BCUT2D eigenvalue weighted by Crippen LogP contribution is -2.29. The lowest BCUT2D eigenvalue weighted by Gasteiger charge is -2.12. The first-order valence-corrected chi connectivity index (χ1v) is 7.75. The fourth-order valence-electron chi connectivity index (χ4n) is 2.35. The lowest BCUT2D eigenvalue weighted by atomic mass is 10.1. The Morgan fingerprint density at radius 1 is 1.19 bits per heavy atom. The van der Waals surface area contributed by atoms with Gasteiger partial charge in [-0.2, -0.15) is 5.10 Å². The van der Waals surface area contributed by atoms with Crippen molar-refractivity contribution in [2.75, 3.05) is 0 Å². The van der Waals surface area contributed by atoms with Crippen LogP contribution in [-0.2, 0) is 6.54 Å². The van der Waals surface area contributed by atoms with Gasteiger partial charge in [0.2, 0.25) is 0 Å². The van der Waals surface area contributed by atoms with Crippen LogP contribution >= 0.6 is 22.6 Å². The third-order valence-corrected chi connectivity index (χ3v) is 4.36. The van der Waals surface area contributed by atoms with Gasteiger partial charge in [-0.25, -0.2) is 0 Å². The predicted octanol–water partition coefficient (Wildman–Crippen LogP) is 2.86. The quantitative estimate of drug-likeness (QED) is 0.594. The highest BCUT2D eigenvalue weighted by atomic mass is 127. The molecule has 0 radical (unpaired) electrons. The third-order valence-electron chi connectivity index (χ3n) is 3.46. The molecule has 2 heterocycles. The zero-order valence-electron chi connectivity index (χ0n) is 11.7. The highest BCUT2D eigenvalue weighted by molar-refractivity contribution is 14.1. The number of rotatable bonds is 3. The van der Waals surface area contributed by atoms with Crippen LogP contribution in [0.4, 0.5) is 0 Å². The van der Waals surface area contributed by atoms with E-state index >= 15 is 0 Å². The van der Waals surface area contributed by atoms with Gasteiger partial charge < -0.3 is 0 Å². The molecule has 0 aliphatic carbocycles. The maximum absolute atomic E-state index is 12.4.